The molecule has 0 bridgehead atoms. The van der Waals surface area contributed by atoms with Crippen LogP contribution in [0.2, 0.25) is 0 Å². The van der Waals surface area contributed by atoms with Gasteiger partial charge in [0, 0.05) is 45.2 Å². The van der Waals surface area contributed by atoms with Gasteiger partial charge >= 0.3 is 5.63 Å². The van der Waals surface area contributed by atoms with Crippen LogP contribution in [0.4, 0.5) is 0 Å². The summed E-state index contributed by atoms with van der Waals surface area (Å²) in [5.41, 5.74) is 0.170. The average Bonchev–Trinajstić information content (AvgIpc) is 3.28. The lowest BCUT2D eigenvalue weighted by Gasteiger charge is -2.51. The number of hydrogen-bond donors (Lipinski definition) is 13. The summed E-state index contributed by atoms with van der Waals surface area (Å²) >= 11 is 0. The van der Waals surface area contributed by atoms with Gasteiger partial charge in [0.2, 0.25) is 29.9 Å². The molecule has 0 spiro atoms. The molecule has 1 aromatic heterocycles. The first-order chi connectivity index (χ1) is 32.7. The lowest BCUT2D eigenvalue weighted by Crippen LogP contribution is -2.72. The number of ether oxygens (including phenoxy) is 8. The van der Waals surface area contributed by atoms with E-state index in [1.54, 1.807) is 13.0 Å². The third-order valence-corrected chi connectivity index (χ3v) is 12.0. The number of carbonyl (C=O) groups is 4. The Kier molecular flexibility index (Phi) is 18.0. The van der Waals surface area contributed by atoms with Gasteiger partial charge in [-0.3, -0.25) is 19.2 Å². The Labute approximate surface area is 392 Å². The van der Waals surface area contributed by atoms with Gasteiger partial charge in [0.1, 0.15) is 109 Å². The molecular formula is C42H60N4O23. The van der Waals surface area contributed by atoms with Crippen molar-refractivity contribution in [2.45, 2.75) is 157 Å². The van der Waals surface area contributed by atoms with Gasteiger partial charge in [-0.25, -0.2) is 4.79 Å². The molecule has 4 amide bonds. The summed E-state index contributed by atoms with van der Waals surface area (Å²) in [4.78, 5) is 61.8. The van der Waals surface area contributed by atoms with E-state index in [-0.39, 0.29) is 11.3 Å². The van der Waals surface area contributed by atoms with Crippen LogP contribution in [0.15, 0.2) is 33.5 Å². The maximum Gasteiger partial charge on any atom is 0.336 e. The number of carbonyl (C=O) groups excluding carboxylic acids is 4. The summed E-state index contributed by atoms with van der Waals surface area (Å²) in [6, 6.07) is -0.381. The van der Waals surface area contributed by atoms with Crippen LogP contribution in [0, 0.1) is 6.92 Å². The maximum absolute atomic E-state index is 12.6. The van der Waals surface area contributed by atoms with Gasteiger partial charge in [0.05, 0.1) is 26.4 Å². The molecule has 4 saturated heterocycles. The van der Waals surface area contributed by atoms with Gasteiger partial charge < -0.3 is 110 Å². The van der Waals surface area contributed by atoms with Gasteiger partial charge in [0.15, 0.2) is 18.9 Å². The number of amides is 4. The second-order valence-electron chi connectivity index (χ2n) is 17.1. The molecule has 386 valence electrons. The number of rotatable bonds is 16. The normalized spacial score (nSPS) is 38.2. The van der Waals surface area contributed by atoms with Gasteiger partial charge in [0.25, 0.3) is 0 Å². The molecule has 20 unspecified atom stereocenters. The third kappa shape index (κ3) is 12.2. The zero-order valence-corrected chi connectivity index (χ0v) is 37.9. The van der Waals surface area contributed by atoms with E-state index < -0.39 is 178 Å². The highest BCUT2D eigenvalue weighted by atomic mass is 16.8. The molecule has 0 aliphatic carbocycles. The van der Waals surface area contributed by atoms with Crippen molar-refractivity contribution in [3.63, 3.8) is 0 Å². The molecule has 69 heavy (non-hydrogen) atoms. The number of aliphatic hydroxyl groups excluding tert-OH is 9. The molecule has 27 nitrogen and oxygen atoms in total. The fourth-order valence-corrected chi connectivity index (χ4v) is 8.77. The van der Waals surface area contributed by atoms with E-state index in [4.69, 9.17) is 42.3 Å². The second kappa shape index (κ2) is 23.1. The third-order valence-electron chi connectivity index (χ3n) is 12.0. The fraction of sp³-hybridized carbons (Fsp3) is 0.690. The summed E-state index contributed by atoms with van der Waals surface area (Å²) < 4.78 is 53.2. The van der Waals surface area contributed by atoms with Crippen molar-refractivity contribution in [2.75, 3.05) is 26.4 Å². The number of aliphatic hydroxyl groups is 9. The van der Waals surface area contributed by atoms with E-state index in [2.05, 4.69) is 21.3 Å². The Balaban J connectivity index is 1.23. The van der Waals surface area contributed by atoms with Gasteiger partial charge in [-0.05, 0) is 24.6 Å². The van der Waals surface area contributed by atoms with E-state index in [9.17, 15) is 69.9 Å². The second-order valence-corrected chi connectivity index (χ2v) is 17.1. The minimum Gasteiger partial charge on any atom is -0.462 e. The molecule has 13 N–H and O–H groups in total. The molecule has 4 aliphatic rings. The molecular weight excluding hydrogens is 928 g/mol. The zero-order chi connectivity index (χ0) is 50.6. The monoisotopic (exact) mass is 988 g/mol. The van der Waals surface area contributed by atoms with Crippen LogP contribution in [0.1, 0.15) is 33.3 Å². The minimum atomic E-state index is -1.93. The summed E-state index contributed by atoms with van der Waals surface area (Å²) in [7, 11) is 0. The summed E-state index contributed by atoms with van der Waals surface area (Å²) in [6.07, 6.45) is -27.1. The van der Waals surface area contributed by atoms with Crippen molar-refractivity contribution in [1.29, 1.82) is 0 Å². The Morgan fingerprint density at radius 2 is 0.884 bits per heavy atom. The Hall–Kier alpha value is -4.53. The van der Waals surface area contributed by atoms with Crippen molar-refractivity contribution < 1.29 is 107 Å². The minimum absolute atomic E-state index is 0.0790. The van der Waals surface area contributed by atoms with Crippen molar-refractivity contribution >= 4 is 34.6 Å². The largest absolute Gasteiger partial charge is 0.462 e. The number of nitrogens with one attached hydrogen (secondary N) is 4. The molecule has 1 aromatic carbocycles. The van der Waals surface area contributed by atoms with Crippen LogP contribution in [-0.4, -0.2) is 219 Å². The van der Waals surface area contributed by atoms with Gasteiger partial charge in [-0.15, -0.1) is 0 Å². The lowest BCUT2D eigenvalue weighted by molar-refractivity contribution is -0.361. The van der Waals surface area contributed by atoms with Crippen molar-refractivity contribution in [3.05, 3.63) is 40.2 Å². The van der Waals surface area contributed by atoms with Crippen LogP contribution in [0.3, 0.4) is 0 Å². The summed E-state index contributed by atoms with van der Waals surface area (Å²) in [5.74, 6) is -2.79. The highest BCUT2D eigenvalue weighted by molar-refractivity contribution is 5.81. The summed E-state index contributed by atoms with van der Waals surface area (Å²) in [5, 5.41) is 109. The first kappa shape index (κ1) is 53.8. The number of benzene rings is 1. The highest BCUT2D eigenvalue weighted by Gasteiger charge is 2.56. The van der Waals surface area contributed by atoms with Crippen molar-refractivity contribution in [3.8, 4) is 5.75 Å². The van der Waals surface area contributed by atoms with E-state index in [0.717, 1.165) is 27.7 Å². The molecule has 2 aromatic rings. The molecule has 20 atom stereocenters. The van der Waals surface area contributed by atoms with E-state index in [1.165, 1.54) is 18.2 Å². The maximum atomic E-state index is 12.6. The lowest BCUT2D eigenvalue weighted by atomic mass is 9.93. The number of fused-ring (bicyclic) bond motifs is 1. The van der Waals surface area contributed by atoms with Crippen molar-refractivity contribution in [2.24, 2.45) is 0 Å². The Morgan fingerprint density at radius 1 is 0.522 bits per heavy atom. The predicted molar refractivity (Wildman–Crippen MR) is 226 cm³/mol. The van der Waals surface area contributed by atoms with Crippen LogP contribution < -0.4 is 31.6 Å². The molecule has 27 heteroatoms. The molecule has 6 rings (SSSR count). The molecule has 4 fully saturated rings. The Morgan fingerprint density at radius 3 is 1.28 bits per heavy atom. The van der Waals surface area contributed by atoms with Crippen LogP contribution >= 0.6 is 0 Å². The standard InChI is InChI=1S/C42H60N4O23/c1-14-8-26(55)62-21-9-19(6-7-20(14)21)61-39-28(44-16(3)52)33(58)36(23(11-48)64-39)68-41-30(46-18(5)54)35(60)38(25(13-50)66-41)69-42-29(45-17(4)53)34(59)37(24(12-49)65-42)67-40-27(43-15(2)51)32(57)31(56)22(10-47)63-40/h6-9,22-25,27-42,47-50,56-60H,10-13H2,1-5H3,(H,43,51)(H,44,52)(H,45,53)(H,46,54). The Bertz CT molecular complexity index is 2170. The average molecular weight is 989 g/mol. The fourth-order valence-electron chi connectivity index (χ4n) is 8.77. The van der Waals surface area contributed by atoms with Crippen LogP contribution in [0.25, 0.3) is 11.0 Å². The highest BCUT2D eigenvalue weighted by Crippen LogP contribution is 2.35. The molecule has 4 aliphatic heterocycles. The topological polar surface area (TPSA) is 403 Å². The van der Waals surface area contributed by atoms with Crippen molar-refractivity contribution in [1.82, 2.24) is 21.3 Å². The summed E-state index contributed by atoms with van der Waals surface area (Å²) in [6.45, 7) is 2.56. The SMILES string of the molecule is CC(=O)NC1C(OC2C(CO)OC(OC3C(CO)OC(OC4C(CO)OC(Oc5ccc6c(C)cc(=O)oc6c5)C(NC(C)=O)C4O)C(NC(C)=O)C3O)C(NC(C)=O)C2O)OC(CO)C(O)C1O. The van der Waals surface area contributed by atoms with E-state index >= 15 is 0 Å². The first-order valence-electron chi connectivity index (χ1n) is 21.9. The zero-order valence-electron chi connectivity index (χ0n) is 37.9. The van der Waals surface area contributed by atoms with Gasteiger partial charge in [-0.2, -0.15) is 0 Å². The molecule has 0 radical (unpaired) electrons. The van der Waals surface area contributed by atoms with E-state index in [1.807, 2.05) is 0 Å². The molecule has 5 heterocycles. The number of aryl methyl sites for hydroxylation is 1. The van der Waals surface area contributed by atoms with Crippen LogP contribution in [0.5, 0.6) is 5.75 Å². The van der Waals surface area contributed by atoms with Gasteiger partial charge in [-0.1, -0.05) is 0 Å². The smallest absolute Gasteiger partial charge is 0.336 e. The molecule has 0 saturated carbocycles. The number of hydrogen-bond acceptors (Lipinski definition) is 23. The first-order valence-corrected chi connectivity index (χ1v) is 21.9. The van der Waals surface area contributed by atoms with E-state index in [0.29, 0.717) is 10.9 Å². The quantitative estimate of drug-likeness (QED) is 0.0695. The predicted octanol–water partition coefficient (Wildman–Crippen LogP) is -6.67. The van der Waals surface area contributed by atoms with Crippen LogP contribution in [-0.2, 0) is 52.3 Å².